The number of hydrogen-bond acceptors (Lipinski definition) is 7. The first kappa shape index (κ1) is 34.6. The lowest BCUT2D eigenvalue weighted by atomic mass is 9.84. The fraction of sp³-hybridized carbons (Fsp3) is 0.394. The Balaban J connectivity index is 1.70. The Labute approximate surface area is 260 Å². The van der Waals surface area contributed by atoms with Gasteiger partial charge in [0.25, 0.3) is 0 Å². The lowest BCUT2D eigenvalue weighted by molar-refractivity contribution is -0.123. The van der Waals surface area contributed by atoms with Crippen LogP contribution in [0.2, 0.25) is 0 Å². The molecule has 238 valence electrons. The summed E-state index contributed by atoms with van der Waals surface area (Å²) in [6.45, 7) is 4.05. The minimum Gasteiger partial charge on any atom is -0.453 e. The second-order valence-corrected chi connectivity index (χ2v) is 13.0. The summed E-state index contributed by atoms with van der Waals surface area (Å²) in [5.74, 6) is -0.814. The molecule has 0 fully saturated rings. The molecule has 0 unspecified atom stereocenters. The number of carbonyl (C=O) groups is 2. The zero-order valence-corrected chi connectivity index (χ0v) is 26.4. The van der Waals surface area contributed by atoms with E-state index in [4.69, 9.17) is 10.5 Å². The molecule has 2 amide bonds. The Hall–Kier alpha value is -3.93. The maximum atomic E-state index is 13.6. The van der Waals surface area contributed by atoms with Crippen LogP contribution in [-0.2, 0) is 19.6 Å². The maximum absolute atomic E-state index is 13.6. The molecule has 3 rings (SSSR count). The van der Waals surface area contributed by atoms with Gasteiger partial charge in [-0.3, -0.25) is 4.79 Å². The van der Waals surface area contributed by atoms with Crippen LogP contribution in [0, 0.1) is 5.92 Å². The first-order valence-electron chi connectivity index (χ1n) is 14.8. The number of hydrogen-bond donors (Lipinski definition) is 4. The highest BCUT2D eigenvalue weighted by Gasteiger charge is 2.33. The summed E-state index contributed by atoms with van der Waals surface area (Å²) >= 11 is 0. The van der Waals surface area contributed by atoms with Gasteiger partial charge in [-0.05, 0) is 54.2 Å². The van der Waals surface area contributed by atoms with Crippen molar-refractivity contribution < 1.29 is 27.9 Å². The van der Waals surface area contributed by atoms with Crippen LogP contribution in [0.4, 0.5) is 10.5 Å². The van der Waals surface area contributed by atoms with Crippen LogP contribution < -0.4 is 16.4 Å². The van der Waals surface area contributed by atoms with Crippen molar-refractivity contribution in [2.45, 2.75) is 56.0 Å². The van der Waals surface area contributed by atoms with Gasteiger partial charge in [0.1, 0.15) is 6.04 Å². The molecule has 0 radical (unpaired) electrons. The van der Waals surface area contributed by atoms with E-state index in [9.17, 15) is 23.1 Å². The summed E-state index contributed by atoms with van der Waals surface area (Å²) in [6.07, 6.45) is 0.757. The molecule has 44 heavy (non-hydrogen) atoms. The summed E-state index contributed by atoms with van der Waals surface area (Å²) < 4.78 is 33.2. The van der Waals surface area contributed by atoms with Crippen LogP contribution in [-0.4, -0.2) is 68.7 Å². The summed E-state index contributed by atoms with van der Waals surface area (Å²) in [5, 5.41) is 15.9. The fourth-order valence-corrected chi connectivity index (χ4v) is 6.93. The Bertz CT molecular complexity index is 1380. The molecule has 0 aromatic heterocycles. The molecule has 3 aromatic rings. The summed E-state index contributed by atoms with van der Waals surface area (Å²) in [7, 11) is -2.62. The minimum absolute atomic E-state index is 0.0355. The van der Waals surface area contributed by atoms with Crippen molar-refractivity contribution in [1.82, 2.24) is 14.9 Å². The van der Waals surface area contributed by atoms with E-state index >= 15 is 0 Å². The highest BCUT2D eigenvalue weighted by molar-refractivity contribution is 7.89. The Kier molecular flexibility index (Phi) is 13.2. The van der Waals surface area contributed by atoms with Crippen LogP contribution in [0.15, 0.2) is 89.8 Å². The third-order valence-corrected chi connectivity index (χ3v) is 9.24. The van der Waals surface area contributed by atoms with E-state index in [2.05, 4.69) is 10.6 Å². The number of amides is 2. The smallest absolute Gasteiger partial charge is 0.407 e. The number of aliphatic hydroxyl groups excluding tert-OH is 1. The average Bonchev–Trinajstić information content (AvgIpc) is 3.02. The quantitative estimate of drug-likeness (QED) is 0.138. The lowest BCUT2D eigenvalue weighted by Gasteiger charge is -2.31. The molecular formula is C33H44N4O6S. The van der Waals surface area contributed by atoms with E-state index in [1.807, 2.05) is 74.5 Å². The van der Waals surface area contributed by atoms with Crippen molar-refractivity contribution in [3.8, 4) is 0 Å². The Morgan fingerprint density at radius 2 is 1.48 bits per heavy atom. The molecule has 0 saturated carbocycles. The van der Waals surface area contributed by atoms with Gasteiger partial charge in [-0.2, -0.15) is 4.31 Å². The Morgan fingerprint density at radius 3 is 1.98 bits per heavy atom. The van der Waals surface area contributed by atoms with E-state index in [-0.39, 0.29) is 29.9 Å². The van der Waals surface area contributed by atoms with Gasteiger partial charge in [0.15, 0.2) is 0 Å². The number of rotatable bonds is 16. The topological polar surface area (TPSA) is 151 Å². The SMILES string of the molecule is COC(=O)N[C@H](C(=O)NCCCC[C@H](CO)N(CC(C)C)S(=O)(=O)c1ccc(N)cc1)C(c1ccccc1)c1ccccc1. The van der Waals surface area contributed by atoms with E-state index in [0.29, 0.717) is 31.5 Å². The molecular weight excluding hydrogens is 580 g/mol. The van der Waals surface area contributed by atoms with Gasteiger partial charge in [-0.25, -0.2) is 13.2 Å². The zero-order chi connectivity index (χ0) is 32.1. The predicted octanol–water partition coefficient (Wildman–Crippen LogP) is 4.12. The van der Waals surface area contributed by atoms with Crippen molar-refractivity contribution in [3.63, 3.8) is 0 Å². The lowest BCUT2D eigenvalue weighted by Crippen LogP contribution is -2.50. The van der Waals surface area contributed by atoms with Crippen molar-refractivity contribution in [2.24, 2.45) is 5.92 Å². The van der Waals surface area contributed by atoms with Crippen LogP contribution in [0.1, 0.15) is 50.2 Å². The molecule has 10 nitrogen and oxygen atoms in total. The van der Waals surface area contributed by atoms with E-state index in [0.717, 1.165) is 11.1 Å². The highest BCUT2D eigenvalue weighted by Crippen LogP contribution is 2.29. The Morgan fingerprint density at radius 1 is 0.909 bits per heavy atom. The largest absolute Gasteiger partial charge is 0.453 e. The van der Waals surface area contributed by atoms with Crippen molar-refractivity contribution in [2.75, 3.05) is 32.5 Å². The third-order valence-electron chi connectivity index (χ3n) is 7.31. The number of methoxy groups -OCH3 is 1. The molecule has 0 aliphatic heterocycles. The molecule has 11 heteroatoms. The van der Waals surface area contributed by atoms with Crippen molar-refractivity contribution in [3.05, 3.63) is 96.1 Å². The van der Waals surface area contributed by atoms with Gasteiger partial charge in [0.05, 0.1) is 18.6 Å². The summed E-state index contributed by atoms with van der Waals surface area (Å²) in [6, 6.07) is 23.4. The normalized spacial score (nSPS) is 13.1. The van der Waals surface area contributed by atoms with Gasteiger partial charge in [0, 0.05) is 30.7 Å². The highest BCUT2D eigenvalue weighted by atomic mass is 32.2. The number of sulfonamides is 1. The van der Waals surface area contributed by atoms with Crippen molar-refractivity contribution in [1.29, 1.82) is 0 Å². The minimum atomic E-state index is -3.87. The van der Waals surface area contributed by atoms with E-state index < -0.39 is 34.1 Å². The fourth-order valence-electron chi connectivity index (χ4n) is 5.12. The second kappa shape index (κ2) is 16.8. The number of nitrogens with zero attached hydrogens (tertiary/aromatic N) is 1. The molecule has 0 saturated heterocycles. The summed E-state index contributed by atoms with van der Waals surface area (Å²) in [5.41, 5.74) is 7.92. The molecule has 0 heterocycles. The number of aliphatic hydroxyl groups is 1. The second-order valence-electron chi connectivity index (χ2n) is 11.1. The summed E-state index contributed by atoms with van der Waals surface area (Å²) in [4.78, 5) is 26.0. The standard InChI is InChI=1S/C33H44N4O6S/c1-24(2)22-37(44(41,42)29-19-17-27(34)18-20-29)28(23-38)16-10-11-21-35-32(39)31(36-33(40)43-3)30(25-12-6-4-7-13-25)26-14-8-5-9-15-26/h4-9,12-15,17-20,24,28,30-31,38H,10-11,16,21-23,34H2,1-3H3,(H,35,39)(H,36,40)/t28-,31+/m1/s1. The number of alkyl carbamates (subject to hydrolysis) is 1. The maximum Gasteiger partial charge on any atom is 0.407 e. The van der Waals surface area contributed by atoms with Crippen LogP contribution in [0.3, 0.4) is 0 Å². The molecule has 0 aliphatic carbocycles. The monoisotopic (exact) mass is 624 g/mol. The number of benzene rings is 3. The molecule has 0 aliphatic rings. The van der Waals surface area contributed by atoms with Gasteiger partial charge < -0.3 is 26.2 Å². The van der Waals surface area contributed by atoms with Gasteiger partial charge in [-0.15, -0.1) is 0 Å². The van der Waals surface area contributed by atoms with E-state index in [1.165, 1.54) is 23.5 Å². The molecule has 2 atom stereocenters. The van der Waals surface area contributed by atoms with Gasteiger partial charge in [-0.1, -0.05) is 80.9 Å². The number of nitrogens with one attached hydrogen (secondary N) is 2. The van der Waals surface area contributed by atoms with Gasteiger partial charge >= 0.3 is 6.09 Å². The number of anilines is 1. The van der Waals surface area contributed by atoms with Crippen LogP contribution >= 0.6 is 0 Å². The number of ether oxygens (including phenoxy) is 1. The third kappa shape index (κ3) is 9.54. The molecule has 0 bridgehead atoms. The van der Waals surface area contributed by atoms with Crippen LogP contribution in [0.25, 0.3) is 0 Å². The van der Waals surface area contributed by atoms with Crippen molar-refractivity contribution >= 4 is 27.7 Å². The number of nitrogens with two attached hydrogens (primary N) is 1. The van der Waals surface area contributed by atoms with Crippen LogP contribution in [0.5, 0.6) is 0 Å². The average molecular weight is 625 g/mol. The molecule has 0 spiro atoms. The first-order valence-corrected chi connectivity index (χ1v) is 16.2. The molecule has 5 N–H and O–H groups in total. The van der Waals surface area contributed by atoms with Gasteiger partial charge in [0.2, 0.25) is 15.9 Å². The van der Waals surface area contributed by atoms with E-state index in [1.54, 1.807) is 12.1 Å². The zero-order valence-electron chi connectivity index (χ0n) is 25.6. The number of nitrogen functional groups attached to an aromatic ring is 1. The predicted molar refractivity (Wildman–Crippen MR) is 171 cm³/mol. The number of carbonyl (C=O) groups excluding carboxylic acids is 2. The number of unbranched alkanes of at least 4 members (excludes halogenated alkanes) is 1. The first-order chi connectivity index (χ1) is 21.1. The molecule has 3 aromatic carbocycles.